The zero-order valence-corrected chi connectivity index (χ0v) is 21.4. The number of carbonyl (C=O) groups is 1. The summed E-state index contributed by atoms with van der Waals surface area (Å²) in [6.45, 7) is 5.24. The van der Waals surface area contributed by atoms with Gasteiger partial charge >= 0.3 is 6.18 Å². The molecule has 0 unspecified atom stereocenters. The van der Waals surface area contributed by atoms with Crippen molar-refractivity contribution in [2.45, 2.75) is 39.4 Å². The highest BCUT2D eigenvalue weighted by atomic mass is 19.4. The van der Waals surface area contributed by atoms with E-state index in [0.717, 1.165) is 10.2 Å². The van der Waals surface area contributed by atoms with Gasteiger partial charge in [0.1, 0.15) is 6.54 Å². The molecule has 0 fully saturated rings. The average Bonchev–Trinajstić information content (AvgIpc) is 3.53. The maximum Gasteiger partial charge on any atom is 0.435 e. The molecule has 0 saturated carbocycles. The van der Waals surface area contributed by atoms with E-state index in [-0.39, 0.29) is 23.7 Å². The molecule has 4 rings (SSSR count). The lowest BCUT2D eigenvalue weighted by molar-refractivity contribution is -0.141. The van der Waals surface area contributed by atoms with Gasteiger partial charge in [-0.2, -0.15) is 23.5 Å². The number of nitrogens with zero attached hydrogens (tertiary/aromatic N) is 6. The van der Waals surface area contributed by atoms with Crippen molar-refractivity contribution in [2.75, 3.05) is 25.1 Å². The molecule has 0 bridgehead atoms. The van der Waals surface area contributed by atoms with Crippen molar-refractivity contribution in [3.8, 4) is 17.3 Å². The van der Waals surface area contributed by atoms with E-state index in [0.29, 0.717) is 55.3 Å². The summed E-state index contributed by atoms with van der Waals surface area (Å²) in [5, 5.41) is 18.5. The number of anilines is 2. The first-order valence-corrected chi connectivity index (χ1v) is 12.4. The molecule has 3 heterocycles. The number of fused-ring (bicyclic) bond motifs is 1. The van der Waals surface area contributed by atoms with Crippen molar-refractivity contribution < 1.29 is 22.7 Å². The van der Waals surface area contributed by atoms with Crippen LogP contribution in [0.1, 0.15) is 41.9 Å². The summed E-state index contributed by atoms with van der Waals surface area (Å²) in [7, 11) is 0. The number of carbonyl (C=O) groups excluding carboxylic acids is 1. The number of hydrogen-bond acceptors (Lipinski definition) is 7. The van der Waals surface area contributed by atoms with Crippen molar-refractivity contribution in [1.82, 2.24) is 29.5 Å². The standard InChI is InChI=1S/C26H27F3N8O2/c1-3-17-14-18(6-7-19(17)25(38)32-9-5-13-39-4-2)34-23-24-33-15-21(37(24)12-10-31-23)20-16-36(11-8-30)35-22(20)26(27,28)29/h6-7,10,12,14-16H,3-5,9,11,13H2,1-2H3,(H,31,34)(H,32,38). The second-order valence-electron chi connectivity index (χ2n) is 8.51. The van der Waals surface area contributed by atoms with E-state index in [1.54, 1.807) is 18.2 Å². The van der Waals surface area contributed by atoms with Gasteiger partial charge in [-0.25, -0.2) is 9.97 Å². The molecule has 2 N–H and O–H groups in total. The summed E-state index contributed by atoms with van der Waals surface area (Å²) in [6, 6.07) is 7.07. The molecule has 39 heavy (non-hydrogen) atoms. The van der Waals surface area contributed by atoms with Gasteiger partial charge in [-0.1, -0.05) is 6.92 Å². The lowest BCUT2D eigenvalue weighted by atomic mass is 10.0. The molecule has 13 heteroatoms. The third-order valence-electron chi connectivity index (χ3n) is 5.92. The predicted molar refractivity (Wildman–Crippen MR) is 137 cm³/mol. The number of nitrogens with one attached hydrogen (secondary N) is 2. The molecule has 0 aliphatic rings. The Balaban J connectivity index is 1.60. The highest BCUT2D eigenvalue weighted by molar-refractivity contribution is 5.96. The molecular formula is C26H27F3N8O2. The van der Waals surface area contributed by atoms with Gasteiger partial charge in [-0.05, 0) is 43.5 Å². The molecular weight excluding hydrogens is 513 g/mol. The van der Waals surface area contributed by atoms with Gasteiger partial charge < -0.3 is 15.4 Å². The lowest BCUT2D eigenvalue weighted by Gasteiger charge is -2.13. The lowest BCUT2D eigenvalue weighted by Crippen LogP contribution is -2.26. The molecule has 1 amide bonds. The monoisotopic (exact) mass is 540 g/mol. The van der Waals surface area contributed by atoms with Gasteiger partial charge in [0.2, 0.25) is 0 Å². The quantitative estimate of drug-likeness (QED) is 0.267. The van der Waals surface area contributed by atoms with Crippen LogP contribution in [0.4, 0.5) is 24.7 Å². The van der Waals surface area contributed by atoms with Gasteiger partial charge in [-0.3, -0.25) is 13.9 Å². The van der Waals surface area contributed by atoms with Crippen LogP contribution in [0.2, 0.25) is 0 Å². The Morgan fingerprint density at radius 1 is 1.23 bits per heavy atom. The number of rotatable bonds is 11. The number of aromatic nitrogens is 5. The maximum atomic E-state index is 13.7. The fourth-order valence-corrected chi connectivity index (χ4v) is 4.12. The topological polar surface area (TPSA) is 122 Å². The number of alkyl halides is 3. The first kappa shape index (κ1) is 27.6. The minimum atomic E-state index is -4.72. The summed E-state index contributed by atoms with van der Waals surface area (Å²) < 4.78 is 48.8. The van der Waals surface area contributed by atoms with E-state index in [9.17, 15) is 18.0 Å². The molecule has 10 nitrogen and oxygen atoms in total. The third kappa shape index (κ3) is 6.18. The SMILES string of the molecule is CCOCCCNC(=O)c1ccc(Nc2nccn3c(-c4cn(CC#N)nc4C(F)(F)F)cnc23)cc1CC. The molecule has 0 radical (unpaired) electrons. The van der Waals surface area contributed by atoms with Gasteiger partial charge in [0.25, 0.3) is 5.91 Å². The van der Waals surface area contributed by atoms with Crippen molar-refractivity contribution in [3.63, 3.8) is 0 Å². The summed E-state index contributed by atoms with van der Waals surface area (Å²) in [5.41, 5.74) is 1.15. The Bertz CT molecular complexity index is 1500. The Labute approximate surface area is 222 Å². The van der Waals surface area contributed by atoms with Crippen LogP contribution in [0.15, 0.2) is 43.0 Å². The number of amides is 1. The number of benzene rings is 1. The van der Waals surface area contributed by atoms with Gasteiger partial charge in [-0.15, -0.1) is 0 Å². The van der Waals surface area contributed by atoms with Gasteiger partial charge in [0.15, 0.2) is 17.2 Å². The number of nitriles is 1. The zero-order valence-electron chi connectivity index (χ0n) is 21.4. The second-order valence-corrected chi connectivity index (χ2v) is 8.51. The van der Waals surface area contributed by atoms with Crippen molar-refractivity contribution in [1.29, 1.82) is 5.26 Å². The maximum absolute atomic E-state index is 13.7. The second kappa shape index (κ2) is 12.0. The van der Waals surface area contributed by atoms with Crippen LogP contribution in [-0.2, 0) is 23.9 Å². The summed E-state index contributed by atoms with van der Waals surface area (Å²) in [6.07, 6.45) is 2.03. The highest BCUT2D eigenvalue weighted by Gasteiger charge is 2.38. The summed E-state index contributed by atoms with van der Waals surface area (Å²) in [5.74, 6) is 0.141. The van der Waals surface area contributed by atoms with Crippen LogP contribution in [0.5, 0.6) is 0 Å². The fraction of sp³-hybridized carbons (Fsp3) is 0.346. The van der Waals surface area contributed by atoms with Crippen LogP contribution in [-0.4, -0.2) is 49.8 Å². The number of imidazole rings is 1. The van der Waals surface area contributed by atoms with E-state index in [1.807, 2.05) is 19.9 Å². The molecule has 0 atom stereocenters. The molecule has 0 saturated heterocycles. The highest BCUT2D eigenvalue weighted by Crippen LogP contribution is 2.37. The van der Waals surface area contributed by atoms with Crippen molar-refractivity contribution in [2.24, 2.45) is 0 Å². The van der Waals surface area contributed by atoms with E-state index in [2.05, 4.69) is 25.7 Å². The molecule has 3 aromatic heterocycles. The predicted octanol–water partition coefficient (Wildman–Crippen LogP) is 4.60. The Hall–Kier alpha value is -4.44. The Morgan fingerprint density at radius 3 is 2.77 bits per heavy atom. The van der Waals surface area contributed by atoms with Crippen LogP contribution in [0.3, 0.4) is 0 Å². The summed E-state index contributed by atoms with van der Waals surface area (Å²) >= 11 is 0. The normalized spacial score (nSPS) is 11.5. The Kier molecular flexibility index (Phi) is 8.46. The molecule has 0 aliphatic heterocycles. The number of ether oxygens (including phenoxy) is 1. The minimum Gasteiger partial charge on any atom is -0.382 e. The molecule has 0 spiro atoms. The van der Waals surface area contributed by atoms with Crippen LogP contribution < -0.4 is 10.6 Å². The molecule has 204 valence electrons. The minimum absolute atomic E-state index is 0.151. The third-order valence-corrected chi connectivity index (χ3v) is 5.92. The van der Waals surface area contributed by atoms with Crippen molar-refractivity contribution in [3.05, 3.63) is 59.8 Å². The first-order valence-electron chi connectivity index (χ1n) is 12.4. The largest absolute Gasteiger partial charge is 0.435 e. The smallest absolute Gasteiger partial charge is 0.382 e. The molecule has 4 aromatic rings. The number of hydrogen-bond donors (Lipinski definition) is 2. The molecule has 1 aromatic carbocycles. The van der Waals surface area contributed by atoms with Gasteiger partial charge in [0.05, 0.1) is 23.5 Å². The van der Waals surface area contributed by atoms with E-state index in [4.69, 9.17) is 10.00 Å². The van der Waals surface area contributed by atoms with Gasteiger partial charge in [0, 0.05) is 49.6 Å². The van der Waals surface area contributed by atoms with E-state index in [1.165, 1.54) is 29.2 Å². The van der Waals surface area contributed by atoms with Crippen LogP contribution in [0.25, 0.3) is 16.9 Å². The summed E-state index contributed by atoms with van der Waals surface area (Å²) in [4.78, 5) is 21.3. The number of aryl methyl sites for hydroxylation is 1. The van der Waals surface area contributed by atoms with E-state index < -0.39 is 11.9 Å². The van der Waals surface area contributed by atoms with E-state index >= 15 is 0 Å². The fourth-order valence-electron chi connectivity index (χ4n) is 4.12. The van der Waals surface area contributed by atoms with Crippen LogP contribution >= 0.6 is 0 Å². The van der Waals surface area contributed by atoms with Crippen LogP contribution in [0, 0.1) is 11.3 Å². The first-order chi connectivity index (χ1) is 18.8. The molecule has 0 aliphatic carbocycles. The van der Waals surface area contributed by atoms with Crippen molar-refractivity contribution >= 4 is 23.1 Å². The average molecular weight is 541 g/mol. The Morgan fingerprint density at radius 2 is 2.05 bits per heavy atom. The number of halogens is 3. The zero-order chi connectivity index (χ0) is 28.0.